The Morgan fingerprint density at radius 3 is 2.42 bits per heavy atom. The van der Waals surface area contributed by atoms with Crippen LogP contribution in [0.15, 0.2) is 29.3 Å². The molecule has 0 bridgehead atoms. The molecule has 0 spiro atoms. The molecule has 130 valence electrons. The van der Waals surface area contributed by atoms with Crippen molar-refractivity contribution in [1.29, 1.82) is 0 Å². The second-order valence-corrected chi connectivity index (χ2v) is 6.58. The molecule has 24 heavy (non-hydrogen) atoms. The molecular weight excluding hydrogens is 304 g/mol. The first-order valence-electron chi connectivity index (χ1n) is 8.52. The molecule has 1 saturated carbocycles. The standard InChI is InChI=1S/C19H26N2O3/c1-15-9-5-6-10-16(15)17(14-22)20-19(21(2)13-18(23)24)11-7-3-4-8-12-19/h5-6,9-10,14H,3-4,7-8,11-13H2,1-2H3,(H,23,24). The van der Waals surface area contributed by atoms with Crippen molar-refractivity contribution in [3.05, 3.63) is 35.4 Å². The molecule has 1 aromatic rings. The summed E-state index contributed by atoms with van der Waals surface area (Å²) in [6.07, 6.45) is 6.59. The number of aryl methyl sites for hydroxylation is 1. The highest BCUT2D eigenvalue weighted by atomic mass is 16.4. The van der Waals surface area contributed by atoms with Gasteiger partial charge in [-0.05, 0) is 45.2 Å². The summed E-state index contributed by atoms with van der Waals surface area (Å²) in [6, 6.07) is 7.67. The molecule has 1 fully saturated rings. The molecule has 0 amide bonds. The van der Waals surface area contributed by atoms with Crippen molar-refractivity contribution in [2.45, 2.75) is 51.1 Å². The van der Waals surface area contributed by atoms with Gasteiger partial charge in [0.25, 0.3) is 0 Å². The lowest BCUT2D eigenvalue weighted by Crippen LogP contribution is -2.47. The SMILES string of the molecule is Cc1ccccc1C(C=O)=NC1(N(C)CC(=O)O)CCCCCC1. The van der Waals surface area contributed by atoms with Crippen LogP contribution in [-0.2, 0) is 9.59 Å². The Hall–Kier alpha value is -2.01. The molecule has 0 radical (unpaired) electrons. The minimum atomic E-state index is -0.875. The molecule has 0 saturated heterocycles. The Labute approximate surface area is 143 Å². The van der Waals surface area contributed by atoms with Gasteiger partial charge in [0.1, 0.15) is 11.4 Å². The van der Waals surface area contributed by atoms with E-state index in [-0.39, 0.29) is 6.54 Å². The summed E-state index contributed by atoms with van der Waals surface area (Å²) in [5.41, 5.74) is 1.60. The molecule has 0 heterocycles. The van der Waals surface area contributed by atoms with Gasteiger partial charge in [0.05, 0.1) is 6.54 Å². The number of hydrogen-bond acceptors (Lipinski definition) is 4. The van der Waals surface area contributed by atoms with Crippen LogP contribution in [0.4, 0.5) is 0 Å². The van der Waals surface area contributed by atoms with E-state index in [1.165, 1.54) is 0 Å². The van der Waals surface area contributed by atoms with Gasteiger partial charge in [-0.25, -0.2) is 0 Å². The van der Waals surface area contributed by atoms with Crippen LogP contribution in [0.3, 0.4) is 0 Å². The van der Waals surface area contributed by atoms with E-state index in [9.17, 15) is 14.7 Å². The zero-order valence-electron chi connectivity index (χ0n) is 14.5. The average Bonchev–Trinajstić information content (AvgIpc) is 2.79. The first-order chi connectivity index (χ1) is 11.5. The second-order valence-electron chi connectivity index (χ2n) is 6.58. The van der Waals surface area contributed by atoms with Crippen LogP contribution in [0.1, 0.15) is 49.7 Å². The van der Waals surface area contributed by atoms with Crippen molar-refractivity contribution >= 4 is 18.0 Å². The van der Waals surface area contributed by atoms with Gasteiger partial charge < -0.3 is 5.11 Å². The summed E-state index contributed by atoms with van der Waals surface area (Å²) in [5, 5.41) is 9.19. The Morgan fingerprint density at radius 2 is 1.88 bits per heavy atom. The van der Waals surface area contributed by atoms with Gasteiger partial charge >= 0.3 is 5.97 Å². The monoisotopic (exact) mass is 330 g/mol. The van der Waals surface area contributed by atoms with E-state index in [4.69, 9.17) is 4.99 Å². The van der Waals surface area contributed by atoms with Crippen molar-refractivity contribution in [3.8, 4) is 0 Å². The Balaban J connectivity index is 2.46. The maximum absolute atomic E-state index is 11.7. The Bertz CT molecular complexity index is 617. The number of carbonyl (C=O) groups is 2. The first kappa shape index (κ1) is 18.3. The van der Waals surface area contributed by atoms with Gasteiger partial charge in [0, 0.05) is 5.56 Å². The van der Waals surface area contributed by atoms with Crippen molar-refractivity contribution in [1.82, 2.24) is 4.90 Å². The number of rotatable bonds is 6. The van der Waals surface area contributed by atoms with Gasteiger partial charge in [-0.15, -0.1) is 0 Å². The number of likely N-dealkylation sites (N-methyl/N-ethyl adjacent to an activating group) is 1. The Kier molecular flexibility index (Phi) is 6.26. The largest absolute Gasteiger partial charge is 0.480 e. The van der Waals surface area contributed by atoms with Gasteiger partial charge in [0.2, 0.25) is 0 Å². The molecule has 0 unspecified atom stereocenters. The first-order valence-corrected chi connectivity index (χ1v) is 8.52. The minimum absolute atomic E-state index is 0.0800. The number of benzene rings is 1. The third kappa shape index (κ3) is 4.29. The van der Waals surface area contributed by atoms with Crippen LogP contribution in [-0.4, -0.2) is 47.2 Å². The molecule has 0 aliphatic heterocycles. The van der Waals surface area contributed by atoms with Gasteiger partial charge in [-0.3, -0.25) is 19.5 Å². The number of aliphatic imine (C=N–C) groups is 1. The maximum Gasteiger partial charge on any atom is 0.317 e. The fourth-order valence-electron chi connectivity index (χ4n) is 3.46. The van der Waals surface area contributed by atoms with E-state index in [1.807, 2.05) is 31.2 Å². The smallest absolute Gasteiger partial charge is 0.317 e. The minimum Gasteiger partial charge on any atom is -0.480 e. The van der Waals surface area contributed by atoms with Crippen LogP contribution in [0, 0.1) is 6.92 Å². The number of nitrogens with zero attached hydrogens (tertiary/aromatic N) is 2. The van der Waals surface area contributed by atoms with E-state index >= 15 is 0 Å². The number of aldehydes is 1. The van der Waals surface area contributed by atoms with Gasteiger partial charge in [-0.2, -0.15) is 0 Å². The summed E-state index contributed by atoms with van der Waals surface area (Å²) < 4.78 is 0. The number of aliphatic carboxylic acids is 1. The predicted octanol–water partition coefficient (Wildman–Crippen LogP) is 3.05. The zero-order chi connectivity index (χ0) is 17.6. The Morgan fingerprint density at radius 1 is 1.25 bits per heavy atom. The molecule has 0 aromatic heterocycles. The summed E-state index contributed by atoms with van der Waals surface area (Å²) in [6.45, 7) is 1.87. The molecule has 1 aromatic carbocycles. The van der Waals surface area contributed by atoms with Crippen LogP contribution in [0.2, 0.25) is 0 Å². The fraction of sp³-hybridized carbons (Fsp3) is 0.526. The van der Waals surface area contributed by atoms with E-state index in [2.05, 4.69) is 0 Å². The topological polar surface area (TPSA) is 70.0 Å². The summed E-state index contributed by atoms with van der Waals surface area (Å²) in [7, 11) is 1.79. The predicted molar refractivity (Wildman–Crippen MR) is 94.5 cm³/mol. The quantitative estimate of drug-likeness (QED) is 0.494. The molecule has 1 aliphatic rings. The molecule has 5 heteroatoms. The van der Waals surface area contributed by atoms with Gasteiger partial charge in [-0.1, -0.05) is 37.1 Å². The van der Waals surface area contributed by atoms with Crippen LogP contribution >= 0.6 is 0 Å². The second kappa shape index (κ2) is 8.20. The van der Waals surface area contributed by atoms with E-state index < -0.39 is 11.6 Å². The highest BCUT2D eigenvalue weighted by Crippen LogP contribution is 2.33. The number of carboxylic acids is 1. The number of carboxylic acid groups (broad SMARTS) is 1. The molecule has 0 atom stereocenters. The highest BCUT2D eigenvalue weighted by Gasteiger charge is 2.36. The fourth-order valence-corrected chi connectivity index (χ4v) is 3.46. The number of carbonyl (C=O) groups excluding carboxylic acids is 1. The lowest BCUT2D eigenvalue weighted by atomic mass is 9.97. The molecule has 1 aliphatic carbocycles. The van der Waals surface area contributed by atoms with E-state index in [0.29, 0.717) is 5.71 Å². The highest BCUT2D eigenvalue weighted by molar-refractivity contribution is 6.36. The maximum atomic E-state index is 11.7. The van der Waals surface area contributed by atoms with Crippen LogP contribution < -0.4 is 0 Å². The lowest BCUT2D eigenvalue weighted by Gasteiger charge is -2.38. The molecular formula is C19H26N2O3. The average molecular weight is 330 g/mol. The van der Waals surface area contributed by atoms with Crippen molar-refractivity contribution in [2.75, 3.05) is 13.6 Å². The van der Waals surface area contributed by atoms with Crippen molar-refractivity contribution < 1.29 is 14.7 Å². The normalized spacial score (nSPS) is 18.2. The summed E-state index contributed by atoms with van der Waals surface area (Å²) in [5.74, 6) is -0.875. The third-order valence-corrected chi connectivity index (χ3v) is 4.85. The van der Waals surface area contributed by atoms with Crippen molar-refractivity contribution in [3.63, 3.8) is 0 Å². The summed E-state index contributed by atoms with van der Waals surface area (Å²) in [4.78, 5) is 29.6. The van der Waals surface area contributed by atoms with E-state index in [0.717, 1.165) is 55.9 Å². The van der Waals surface area contributed by atoms with Crippen LogP contribution in [0.5, 0.6) is 0 Å². The third-order valence-electron chi connectivity index (χ3n) is 4.85. The molecule has 5 nitrogen and oxygen atoms in total. The van der Waals surface area contributed by atoms with Gasteiger partial charge in [0.15, 0.2) is 6.29 Å². The van der Waals surface area contributed by atoms with Crippen LogP contribution in [0.25, 0.3) is 0 Å². The van der Waals surface area contributed by atoms with E-state index in [1.54, 1.807) is 11.9 Å². The zero-order valence-corrected chi connectivity index (χ0v) is 14.5. The van der Waals surface area contributed by atoms with Crippen molar-refractivity contribution in [2.24, 2.45) is 4.99 Å². The molecule has 1 N–H and O–H groups in total. The number of hydrogen-bond donors (Lipinski definition) is 1. The molecule has 2 rings (SSSR count). The lowest BCUT2D eigenvalue weighted by molar-refractivity contribution is -0.139. The summed E-state index contributed by atoms with van der Waals surface area (Å²) >= 11 is 0.